The predicted molar refractivity (Wildman–Crippen MR) is 80.6 cm³/mol. The van der Waals surface area contributed by atoms with Crippen LogP contribution in [-0.4, -0.2) is 25.0 Å². The lowest BCUT2D eigenvalue weighted by atomic mass is 10.0. The van der Waals surface area contributed by atoms with Crippen molar-refractivity contribution < 1.29 is 18.7 Å². The molecule has 1 fully saturated rings. The summed E-state index contributed by atoms with van der Waals surface area (Å²) in [5.41, 5.74) is 0.958. The molecule has 1 aliphatic rings. The van der Waals surface area contributed by atoms with Crippen LogP contribution < -0.4 is 5.32 Å². The fraction of sp³-hybridized carbons (Fsp3) is 0.529. The number of amides is 1. The average molecular weight is 307 g/mol. The van der Waals surface area contributed by atoms with Crippen molar-refractivity contribution in [3.8, 4) is 0 Å². The van der Waals surface area contributed by atoms with Crippen molar-refractivity contribution in [2.75, 3.05) is 7.11 Å². The third kappa shape index (κ3) is 4.06. The van der Waals surface area contributed by atoms with Crippen LogP contribution in [0.3, 0.4) is 0 Å². The second-order valence-corrected chi connectivity index (χ2v) is 6.21. The maximum absolute atomic E-state index is 12.9. The Kier molecular flexibility index (Phi) is 5.16. The van der Waals surface area contributed by atoms with Crippen molar-refractivity contribution in [3.63, 3.8) is 0 Å². The molecule has 1 saturated carbocycles. The molecule has 22 heavy (non-hydrogen) atoms. The number of ether oxygens (including phenoxy) is 1. The Labute approximate surface area is 130 Å². The third-order valence-corrected chi connectivity index (χ3v) is 3.93. The van der Waals surface area contributed by atoms with Crippen LogP contribution in [0.2, 0.25) is 0 Å². The molecule has 2 rings (SSSR count). The Morgan fingerprint density at radius 3 is 2.50 bits per heavy atom. The Morgan fingerprint density at radius 2 is 1.95 bits per heavy atom. The number of esters is 1. The zero-order valence-corrected chi connectivity index (χ0v) is 13.1. The van der Waals surface area contributed by atoms with E-state index in [1.54, 1.807) is 12.1 Å². The molecule has 4 nitrogen and oxygen atoms in total. The van der Waals surface area contributed by atoms with E-state index in [1.807, 2.05) is 13.8 Å². The lowest BCUT2D eigenvalue weighted by Gasteiger charge is -2.18. The summed E-state index contributed by atoms with van der Waals surface area (Å²) in [5.74, 6) is -0.598. The van der Waals surface area contributed by atoms with Gasteiger partial charge in [-0.25, -0.2) is 9.18 Å². The van der Waals surface area contributed by atoms with Gasteiger partial charge in [-0.15, -0.1) is 0 Å². The van der Waals surface area contributed by atoms with E-state index in [4.69, 9.17) is 4.74 Å². The topological polar surface area (TPSA) is 55.4 Å². The molecular weight excluding hydrogens is 285 g/mol. The molecule has 1 aliphatic carbocycles. The number of benzene rings is 1. The summed E-state index contributed by atoms with van der Waals surface area (Å²) in [6, 6.07) is 5.61. The highest BCUT2D eigenvalue weighted by atomic mass is 19.1. The first-order valence-electron chi connectivity index (χ1n) is 7.56. The van der Waals surface area contributed by atoms with Crippen molar-refractivity contribution in [1.29, 1.82) is 0 Å². The van der Waals surface area contributed by atoms with E-state index in [9.17, 15) is 14.0 Å². The molecule has 1 aromatic carbocycles. The van der Waals surface area contributed by atoms with E-state index in [0.29, 0.717) is 6.42 Å². The number of nitrogens with one attached hydrogen (secondary N) is 1. The zero-order valence-electron chi connectivity index (χ0n) is 13.1. The SMILES string of the molecule is COC(=O)C(CC(C)C)NC(=O)C1CC1c1ccc(F)cc1. The van der Waals surface area contributed by atoms with Crippen LogP contribution in [0.4, 0.5) is 4.39 Å². The van der Waals surface area contributed by atoms with E-state index in [1.165, 1.54) is 19.2 Å². The van der Waals surface area contributed by atoms with Gasteiger partial charge < -0.3 is 10.1 Å². The second kappa shape index (κ2) is 6.90. The minimum atomic E-state index is -0.605. The van der Waals surface area contributed by atoms with E-state index < -0.39 is 12.0 Å². The van der Waals surface area contributed by atoms with E-state index in [-0.39, 0.29) is 29.5 Å². The number of carbonyl (C=O) groups is 2. The highest BCUT2D eigenvalue weighted by Crippen LogP contribution is 2.47. The zero-order chi connectivity index (χ0) is 16.3. The average Bonchev–Trinajstić information content (AvgIpc) is 3.26. The van der Waals surface area contributed by atoms with Gasteiger partial charge in [0.2, 0.25) is 5.91 Å². The van der Waals surface area contributed by atoms with E-state index >= 15 is 0 Å². The van der Waals surface area contributed by atoms with Crippen LogP contribution in [0, 0.1) is 17.7 Å². The Bertz CT molecular complexity index is 541. The van der Waals surface area contributed by atoms with Gasteiger partial charge in [-0.2, -0.15) is 0 Å². The molecule has 120 valence electrons. The summed E-state index contributed by atoms with van der Waals surface area (Å²) in [7, 11) is 1.32. The molecule has 0 spiro atoms. The smallest absolute Gasteiger partial charge is 0.328 e. The summed E-state index contributed by atoms with van der Waals surface area (Å²) in [4.78, 5) is 24.0. The van der Waals surface area contributed by atoms with Gasteiger partial charge in [0.05, 0.1) is 7.11 Å². The number of rotatable bonds is 6. The summed E-state index contributed by atoms with van der Waals surface area (Å²) in [6.07, 6.45) is 1.28. The predicted octanol–water partition coefficient (Wildman–Crippen LogP) is 2.63. The first-order chi connectivity index (χ1) is 10.4. The van der Waals surface area contributed by atoms with Crippen LogP contribution in [-0.2, 0) is 14.3 Å². The molecule has 0 saturated heterocycles. The Hall–Kier alpha value is -1.91. The summed E-state index contributed by atoms with van der Waals surface area (Å²) >= 11 is 0. The van der Waals surface area contributed by atoms with E-state index in [0.717, 1.165) is 12.0 Å². The van der Waals surface area contributed by atoms with Gasteiger partial charge in [0.1, 0.15) is 11.9 Å². The Morgan fingerprint density at radius 1 is 1.32 bits per heavy atom. The molecule has 3 unspecified atom stereocenters. The van der Waals surface area contributed by atoms with Crippen molar-refractivity contribution >= 4 is 11.9 Å². The summed E-state index contributed by atoms with van der Waals surface area (Å²) in [6.45, 7) is 3.97. The maximum atomic E-state index is 12.9. The van der Waals surface area contributed by atoms with Crippen LogP contribution in [0.25, 0.3) is 0 Å². The van der Waals surface area contributed by atoms with Crippen molar-refractivity contribution in [3.05, 3.63) is 35.6 Å². The van der Waals surface area contributed by atoms with Gasteiger partial charge in [-0.1, -0.05) is 26.0 Å². The molecule has 0 aromatic heterocycles. The quantitative estimate of drug-likeness (QED) is 0.822. The molecule has 1 N–H and O–H groups in total. The first kappa shape index (κ1) is 16.5. The minimum Gasteiger partial charge on any atom is -0.467 e. The number of carbonyl (C=O) groups excluding carboxylic acids is 2. The van der Waals surface area contributed by atoms with Crippen molar-refractivity contribution in [2.24, 2.45) is 11.8 Å². The molecule has 3 atom stereocenters. The molecule has 0 bridgehead atoms. The molecule has 0 aliphatic heterocycles. The van der Waals surface area contributed by atoms with Crippen LogP contribution in [0.15, 0.2) is 24.3 Å². The van der Waals surface area contributed by atoms with Gasteiger partial charge in [0, 0.05) is 5.92 Å². The molecule has 1 aromatic rings. The van der Waals surface area contributed by atoms with Gasteiger partial charge in [0.25, 0.3) is 0 Å². The standard InChI is InChI=1S/C17H22FNO3/c1-10(2)8-15(17(21)22-3)19-16(20)14-9-13(14)11-4-6-12(18)7-5-11/h4-7,10,13-15H,8-9H2,1-3H3,(H,19,20). The lowest BCUT2D eigenvalue weighted by Crippen LogP contribution is -2.43. The van der Waals surface area contributed by atoms with Gasteiger partial charge in [-0.3, -0.25) is 4.79 Å². The number of hydrogen-bond donors (Lipinski definition) is 1. The van der Waals surface area contributed by atoms with Gasteiger partial charge >= 0.3 is 5.97 Å². The van der Waals surface area contributed by atoms with Crippen molar-refractivity contribution in [1.82, 2.24) is 5.32 Å². The van der Waals surface area contributed by atoms with Crippen LogP contribution in [0.1, 0.15) is 38.2 Å². The van der Waals surface area contributed by atoms with Crippen LogP contribution >= 0.6 is 0 Å². The molecule has 1 amide bonds. The molecule has 0 radical (unpaired) electrons. The lowest BCUT2D eigenvalue weighted by molar-refractivity contribution is -0.145. The van der Waals surface area contributed by atoms with Gasteiger partial charge in [-0.05, 0) is 42.4 Å². The molecule has 5 heteroatoms. The largest absolute Gasteiger partial charge is 0.467 e. The molecule has 0 heterocycles. The van der Waals surface area contributed by atoms with Crippen LogP contribution in [0.5, 0.6) is 0 Å². The minimum absolute atomic E-state index is 0.109. The first-order valence-corrected chi connectivity index (χ1v) is 7.56. The third-order valence-electron chi connectivity index (χ3n) is 3.93. The number of methoxy groups -OCH3 is 1. The highest BCUT2D eigenvalue weighted by molar-refractivity contribution is 5.88. The monoisotopic (exact) mass is 307 g/mol. The van der Waals surface area contributed by atoms with E-state index in [2.05, 4.69) is 5.32 Å². The molecular formula is C17H22FNO3. The fourth-order valence-electron chi connectivity index (χ4n) is 2.67. The second-order valence-electron chi connectivity index (χ2n) is 6.21. The highest BCUT2D eigenvalue weighted by Gasteiger charge is 2.44. The summed E-state index contributed by atoms with van der Waals surface area (Å²) < 4.78 is 17.7. The van der Waals surface area contributed by atoms with Gasteiger partial charge in [0.15, 0.2) is 0 Å². The number of hydrogen-bond acceptors (Lipinski definition) is 3. The summed E-state index contributed by atoms with van der Waals surface area (Å²) in [5, 5.41) is 2.78. The Balaban J connectivity index is 1.94. The van der Waals surface area contributed by atoms with Crippen molar-refractivity contribution in [2.45, 2.75) is 38.6 Å². The normalized spacial score (nSPS) is 21.3. The number of halogens is 1. The maximum Gasteiger partial charge on any atom is 0.328 e. The fourth-order valence-corrected chi connectivity index (χ4v) is 2.67.